The SMILES string of the molecule is CC(CCO)NC(=O)c1ccc(CS(C)(=O)=O)cc1. The number of carbonyl (C=O) groups excluding carboxylic acids is 1. The van der Waals surface area contributed by atoms with E-state index in [1.165, 1.54) is 6.26 Å². The first-order chi connectivity index (χ1) is 8.81. The Bertz CT molecular complexity index is 522. The molecule has 19 heavy (non-hydrogen) atoms. The topological polar surface area (TPSA) is 83.5 Å². The average Bonchev–Trinajstić information content (AvgIpc) is 2.27. The third-order valence-electron chi connectivity index (χ3n) is 2.58. The quantitative estimate of drug-likeness (QED) is 0.807. The number of hydrogen-bond donors (Lipinski definition) is 2. The van der Waals surface area contributed by atoms with E-state index in [4.69, 9.17) is 5.11 Å². The predicted octanol–water partition coefficient (Wildman–Crippen LogP) is 0.732. The molecule has 0 saturated heterocycles. The van der Waals surface area contributed by atoms with Crippen LogP contribution in [0.4, 0.5) is 0 Å². The maximum absolute atomic E-state index is 11.8. The second kappa shape index (κ2) is 6.68. The van der Waals surface area contributed by atoms with E-state index in [0.29, 0.717) is 17.5 Å². The molecule has 1 unspecified atom stereocenters. The van der Waals surface area contributed by atoms with Crippen molar-refractivity contribution in [1.82, 2.24) is 5.32 Å². The molecule has 1 aromatic carbocycles. The van der Waals surface area contributed by atoms with Crippen molar-refractivity contribution in [3.63, 3.8) is 0 Å². The summed E-state index contributed by atoms with van der Waals surface area (Å²) in [4.78, 5) is 11.8. The van der Waals surface area contributed by atoms with Crippen molar-refractivity contribution < 1.29 is 18.3 Å². The standard InChI is InChI=1S/C13H19NO4S/c1-10(7-8-15)14-13(16)12-5-3-11(4-6-12)9-19(2,17)18/h3-6,10,15H,7-9H2,1-2H3,(H,14,16). The minimum atomic E-state index is -3.06. The van der Waals surface area contributed by atoms with Gasteiger partial charge in [-0.3, -0.25) is 4.79 Å². The molecule has 0 bridgehead atoms. The molecule has 0 radical (unpaired) electrons. The summed E-state index contributed by atoms with van der Waals surface area (Å²) in [5.41, 5.74) is 1.13. The summed E-state index contributed by atoms with van der Waals surface area (Å²) in [6.45, 7) is 1.83. The molecule has 0 heterocycles. The van der Waals surface area contributed by atoms with Crippen LogP contribution in [0, 0.1) is 0 Å². The fourth-order valence-corrected chi connectivity index (χ4v) is 2.43. The number of nitrogens with one attached hydrogen (secondary N) is 1. The van der Waals surface area contributed by atoms with Gasteiger partial charge in [0.05, 0.1) is 5.75 Å². The van der Waals surface area contributed by atoms with Crippen LogP contribution in [-0.2, 0) is 15.6 Å². The van der Waals surface area contributed by atoms with E-state index >= 15 is 0 Å². The Morgan fingerprint density at radius 3 is 2.37 bits per heavy atom. The first-order valence-corrected chi connectivity index (χ1v) is 8.06. The van der Waals surface area contributed by atoms with Gasteiger partial charge < -0.3 is 10.4 Å². The molecule has 1 amide bonds. The van der Waals surface area contributed by atoms with E-state index in [9.17, 15) is 13.2 Å². The van der Waals surface area contributed by atoms with E-state index in [-0.39, 0.29) is 24.3 Å². The monoisotopic (exact) mass is 285 g/mol. The van der Waals surface area contributed by atoms with Crippen LogP contribution in [0.1, 0.15) is 29.3 Å². The molecule has 0 spiro atoms. The van der Waals surface area contributed by atoms with Crippen molar-refractivity contribution in [3.8, 4) is 0 Å². The number of benzene rings is 1. The number of hydrogen-bond acceptors (Lipinski definition) is 4. The number of amides is 1. The Morgan fingerprint density at radius 1 is 1.32 bits per heavy atom. The van der Waals surface area contributed by atoms with E-state index in [1.807, 2.05) is 6.92 Å². The zero-order chi connectivity index (χ0) is 14.5. The van der Waals surface area contributed by atoms with E-state index in [0.717, 1.165) is 0 Å². The predicted molar refractivity (Wildman–Crippen MR) is 73.6 cm³/mol. The number of rotatable bonds is 6. The lowest BCUT2D eigenvalue weighted by Crippen LogP contribution is -2.33. The minimum Gasteiger partial charge on any atom is -0.396 e. The molecule has 0 aliphatic carbocycles. The lowest BCUT2D eigenvalue weighted by molar-refractivity contribution is 0.0934. The summed E-state index contributed by atoms with van der Waals surface area (Å²) in [6, 6.07) is 6.36. The highest BCUT2D eigenvalue weighted by Gasteiger charge is 2.10. The zero-order valence-corrected chi connectivity index (χ0v) is 11.9. The van der Waals surface area contributed by atoms with E-state index in [1.54, 1.807) is 24.3 Å². The van der Waals surface area contributed by atoms with Crippen LogP contribution < -0.4 is 5.32 Å². The smallest absolute Gasteiger partial charge is 0.251 e. The van der Waals surface area contributed by atoms with Gasteiger partial charge in [0.1, 0.15) is 0 Å². The van der Waals surface area contributed by atoms with Crippen LogP contribution in [0.2, 0.25) is 0 Å². The minimum absolute atomic E-state index is 0.0226. The molecule has 0 aliphatic rings. The summed E-state index contributed by atoms with van der Waals surface area (Å²) < 4.78 is 22.3. The number of sulfone groups is 1. The first-order valence-electron chi connectivity index (χ1n) is 6.00. The summed E-state index contributed by atoms with van der Waals surface area (Å²) in [7, 11) is -3.06. The maximum Gasteiger partial charge on any atom is 0.251 e. The summed E-state index contributed by atoms with van der Waals surface area (Å²) >= 11 is 0. The largest absolute Gasteiger partial charge is 0.396 e. The van der Waals surface area contributed by atoms with E-state index in [2.05, 4.69) is 5.32 Å². The molecule has 1 rings (SSSR count). The summed E-state index contributed by atoms with van der Waals surface area (Å²) in [6.07, 6.45) is 1.67. The molecular formula is C13H19NO4S. The molecule has 0 saturated carbocycles. The average molecular weight is 285 g/mol. The van der Waals surface area contributed by atoms with Crippen molar-refractivity contribution in [3.05, 3.63) is 35.4 Å². The highest BCUT2D eigenvalue weighted by atomic mass is 32.2. The van der Waals surface area contributed by atoms with Crippen LogP contribution in [-0.4, -0.2) is 38.3 Å². The maximum atomic E-state index is 11.8. The third kappa shape index (κ3) is 5.85. The van der Waals surface area contributed by atoms with Gasteiger partial charge in [-0.2, -0.15) is 0 Å². The van der Waals surface area contributed by atoms with Crippen LogP contribution in [0.25, 0.3) is 0 Å². The molecule has 5 nitrogen and oxygen atoms in total. The molecule has 0 aromatic heterocycles. The molecule has 0 fully saturated rings. The van der Waals surface area contributed by atoms with Gasteiger partial charge in [0.15, 0.2) is 9.84 Å². The Kier molecular flexibility index (Phi) is 5.50. The fourth-order valence-electron chi connectivity index (χ4n) is 1.63. The normalized spacial score (nSPS) is 13.0. The van der Waals surface area contributed by atoms with Crippen molar-refractivity contribution in [2.75, 3.05) is 12.9 Å². The van der Waals surface area contributed by atoms with Crippen LogP contribution >= 0.6 is 0 Å². The number of aliphatic hydroxyl groups is 1. The Balaban J connectivity index is 2.68. The number of carbonyl (C=O) groups is 1. The van der Waals surface area contributed by atoms with Crippen LogP contribution in [0.5, 0.6) is 0 Å². The molecule has 1 aromatic rings. The molecular weight excluding hydrogens is 266 g/mol. The van der Waals surface area contributed by atoms with Gasteiger partial charge >= 0.3 is 0 Å². The van der Waals surface area contributed by atoms with Crippen LogP contribution in [0.15, 0.2) is 24.3 Å². The van der Waals surface area contributed by atoms with Crippen LogP contribution in [0.3, 0.4) is 0 Å². The second-order valence-electron chi connectivity index (χ2n) is 4.65. The third-order valence-corrected chi connectivity index (χ3v) is 3.44. The van der Waals surface area contributed by atoms with Crippen molar-refractivity contribution in [2.24, 2.45) is 0 Å². The lowest BCUT2D eigenvalue weighted by Gasteiger charge is -2.12. The highest BCUT2D eigenvalue weighted by molar-refractivity contribution is 7.89. The van der Waals surface area contributed by atoms with Crippen molar-refractivity contribution >= 4 is 15.7 Å². The van der Waals surface area contributed by atoms with Crippen molar-refractivity contribution in [1.29, 1.82) is 0 Å². The second-order valence-corrected chi connectivity index (χ2v) is 6.79. The fraction of sp³-hybridized carbons (Fsp3) is 0.462. The lowest BCUT2D eigenvalue weighted by atomic mass is 10.1. The Labute approximate surface area is 113 Å². The molecule has 0 aliphatic heterocycles. The molecule has 2 N–H and O–H groups in total. The number of aliphatic hydroxyl groups excluding tert-OH is 1. The molecule has 6 heteroatoms. The van der Waals surface area contributed by atoms with Gasteiger partial charge in [-0.25, -0.2) is 8.42 Å². The Hall–Kier alpha value is -1.40. The van der Waals surface area contributed by atoms with Gasteiger partial charge in [-0.05, 0) is 31.0 Å². The Morgan fingerprint density at radius 2 is 1.89 bits per heavy atom. The van der Waals surface area contributed by atoms with Gasteiger partial charge in [0, 0.05) is 24.5 Å². The van der Waals surface area contributed by atoms with Crippen molar-refractivity contribution in [2.45, 2.75) is 25.1 Å². The first kappa shape index (κ1) is 15.7. The van der Waals surface area contributed by atoms with Gasteiger partial charge in [0.2, 0.25) is 0 Å². The van der Waals surface area contributed by atoms with E-state index < -0.39 is 9.84 Å². The van der Waals surface area contributed by atoms with Gasteiger partial charge in [0.25, 0.3) is 5.91 Å². The summed E-state index contributed by atoms with van der Waals surface area (Å²) in [5.74, 6) is -0.262. The van der Waals surface area contributed by atoms with Gasteiger partial charge in [-0.15, -0.1) is 0 Å². The van der Waals surface area contributed by atoms with Gasteiger partial charge in [-0.1, -0.05) is 12.1 Å². The summed E-state index contributed by atoms with van der Waals surface area (Å²) in [5, 5.41) is 11.5. The highest BCUT2D eigenvalue weighted by Crippen LogP contribution is 2.08. The molecule has 106 valence electrons. The molecule has 1 atom stereocenters. The zero-order valence-electron chi connectivity index (χ0n) is 11.1.